The predicted octanol–water partition coefficient (Wildman–Crippen LogP) is 1.10. The molecule has 1 amide bonds. The van der Waals surface area contributed by atoms with Gasteiger partial charge in [0.05, 0.1) is 0 Å². The molecule has 1 aliphatic heterocycles. The smallest absolute Gasteiger partial charge is 0.224 e. The molecule has 5 heteroatoms. The second-order valence-corrected chi connectivity index (χ2v) is 4.86. The maximum atomic E-state index is 11.8. The van der Waals surface area contributed by atoms with Gasteiger partial charge in [-0.05, 0) is 30.5 Å². The fourth-order valence-electron chi connectivity index (χ4n) is 2.18. The molecule has 0 aliphatic carbocycles. The van der Waals surface area contributed by atoms with Gasteiger partial charge in [0.15, 0.2) is 11.5 Å². The molecule has 0 saturated heterocycles. The van der Waals surface area contributed by atoms with Gasteiger partial charge in [0.1, 0.15) is 13.2 Å². The van der Waals surface area contributed by atoms with Crippen LogP contribution in [0.1, 0.15) is 18.9 Å². The van der Waals surface area contributed by atoms with Crippen LogP contribution in [0.5, 0.6) is 11.5 Å². The summed E-state index contributed by atoms with van der Waals surface area (Å²) >= 11 is 0. The Morgan fingerprint density at radius 2 is 2.10 bits per heavy atom. The van der Waals surface area contributed by atoms with E-state index in [1.807, 2.05) is 25.1 Å². The summed E-state index contributed by atoms with van der Waals surface area (Å²) in [5, 5.41) is 2.92. The summed E-state index contributed by atoms with van der Waals surface area (Å²) in [6.07, 6.45) is 1.54. The minimum absolute atomic E-state index is 0.0348. The van der Waals surface area contributed by atoms with Crippen molar-refractivity contribution in [1.82, 2.24) is 5.32 Å². The Hall–Kier alpha value is -1.75. The summed E-state index contributed by atoms with van der Waals surface area (Å²) in [5.41, 5.74) is 6.67. The van der Waals surface area contributed by atoms with Crippen molar-refractivity contribution in [3.8, 4) is 11.5 Å². The maximum Gasteiger partial charge on any atom is 0.224 e. The van der Waals surface area contributed by atoms with Crippen molar-refractivity contribution >= 4 is 5.91 Å². The third kappa shape index (κ3) is 3.63. The molecule has 1 atom stereocenters. The number of benzene rings is 1. The number of hydrogen-bond donors (Lipinski definition) is 2. The van der Waals surface area contributed by atoms with Crippen LogP contribution in [0.25, 0.3) is 0 Å². The molecular weight excluding hydrogens is 256 g/mol. The van der Waals surface area contributed by atoms with E-state index in [0.29, 0.717) is 26.3 Å². The molecule has 1 aromatic rings. The molecule has 1 heterocycles. The molecule has 0 bridgehead atoms. The largest absolute Gasteiger partial charge is 0.486 e. The Morgan fingerprint density at radius 1 is 1.35 bits per heavy atom. The quantitative estimate of drug-likeness (QED) is 0.817. The third-order valence-electron chi connectivity index (χ3n) is 3.47. The lowest BCUT2D eigenvalue weighted by molar-refractivity contribution is -0.124. The van der Waals surface area contributed by atoms with Crippen LogP contribution in [0.3, 0.4) is 0 Å². The minimum Gasteiger partial charge on any atom is -0.486 e. The van der Waals surface area contributed by atoms with E-state index in [9.17, 15) is 4.79 Å². The van der Waals surface area contributed by atoms with E-state index in [1.165, 1.54) is 0 Å². The number of rotatable bonds is 6. The number of carbonyl (C=O) groups excluding carboxylic acids is 1. The molecule has 0 fully saturated rings. The fourth-order valence-corrected chi connectivity index (χ4v) is 2.18. The monoisotopic (exact) mass is 278 g/mol. The van der Waals surface area contributed by atoms with Gasteiger partial charge < -0.3 is 20.5 Å². The van der Waals surface area contributed by atoms with Crippen LogP contribution < -0.4 is 20.5 Å². The van der Waals surface area contributed by atoms with E-state index in [1.54, 1.807) is 0 Å². The van der Waals surface area contributed by atoms with Gasteiger partial charge in [-0.2, -0.15) is 0 Å². The second-order valence-electron chi connectivity index (χ2n) is 4.86. The highest BCUT2D eigenvalue weighted by atomic mass is 16.6. The number of nitrogens with two attached hydrogens (primary N) is 1. The number of fused-ring (bicyclic) bond motifs is 1. The normalized spacial score (nSPS) is 14.7. The van der Waals surface area contributed by atoms with Crippen LogP contribution in [0, 0.1) is 5.92 Å². The van der Waals surface area contributed by atoms with Crippen molar-refractivity contribution in [2.75, 3.05) is 26.3 Å². The molecule has 110 valence electrons. The zero-order chi connectivity index (χ0) is 14.4. The van der Waals surface area contributed by atoms with E-state index in [-0.39, 0.29) is 11.8 Å². The highest BCUT2D eigenvalue weighted by Crippen LogP contribution is 2.30. The lowest BCUT2D eigenvalue weighted by Crippen LogP contribution is -2.35. The van der Waals surface area contributed by atoms with Gasteiger partial charge in [-0.1, -0.05) is 13.0 Å². The van der Waals surface area contributed by atoms with Crippen LogP contribution in [-0.4, -0.2) is 32.2 Å². The Labute approximate surface area is 119 Å². The Kier molecular flexibility index (Phi) is 5.24. The molecule has 3 N–H and O–H groups in total. The van der Waals surface area contributed by atoms with Crippen LogP contribution >= 0.6 is 0 Å². The molecule has 20 heavy (non-hydrogen) atoms. The molecule has 0 spiro atoms. The molecular formula is C15H22N2O3. The summed E-state index contributed by atoms with van der Waals surface area (Å²) in [7, 11) is 0. The first kappa shape index (κ1) is 14.7. The fraction of sp³-hybridized carbons (Fsp3) is 0.533. The number of nitrogens with one attached hydrogen (secondary N) is 1. The lowest BCUT2D eigenvalue weighted by atomic mass is 10.1. The van der Waals surface area contributed by atoms with E-state index in [4.69, 9.17) is 15.2 Å². The van der Waals surface area contributed by atoms with Crippen molar-refractivity contribution in [2.24, 2.45) is 11.7 Å². The summed E-state index contributed by atoms with van der Waals surface area (Å²) in [5.74, 6) is 1.52. The van der Waals surface area contributed by atoms with Crippen molar-refractivity contribution in [3.63, 3.8) is 0 Å². The van der Waals surface area contributed by atoms with Crippen molar-refractivity contribution in [2.45, 2.75) is 19.8 Å². The summed E-state index contributed by atoms with van der Waals surface area (Å²) in [6.45, 7) is 4.15. The number of amides is 1. The van der Waals surface area contributed by atoms with Gasteiger partial charge in [0.25, 0.3) is 0 Å². The highest BCUT2D eigenvalue weighted by molar-refractivity contribution is 5.78. The summed E-state index contributed by atoms with van der Waals surface area (Å²) in [6, 6.07) is 5.89. The number of carbonyl (C=O) groups is 1. The van der Waals surface area contributed by atoms with Gasteiger partial charge in [0.2, 0.25) is 5.91 Å². The average Bonchev–Trinajstić information content (AvgIpc) is 2.48. The molecule has 1 unspecified atom stereocenters. The molecule has 5 nitrogen and oxygen atoms in total. The van der Waals surface area contributed by atoms with Crippen LogP contribution in [0.4, 0.5) is 0 Å². The highest BCUT2D eigenvalue weighted by Gasteiger charge is 2.14. The molecule has 0 aromatic heterocycles. The Morgan fingerprint density at radius 3 is 2.80 bits per heavy atom. The topological polar surface area (TPSA) is 73.6 Å². The molecule has 2 rings (SSSR count). The average molecular weight is 278 g/mol. The maximum absolute atomic E-state index is 11.8. The molecule has 1 aliphatic rings. The van der Waals surface area contributed by atoms with Crippen molar-refractivity contribution in [3.05, 3.63) is 23.8 Å². The lowest BCUT2D eigenvalue weighted by Gasteiger charge is -2.19. The first-order chi connectivity index (χ1) is 9.74. The van der Waals surface area contributed by atoms with Gasteiger partial charge in [-0.3, -0.25) is 4.79 Å². The van der Waals surface area contributed by atoms with E-state index < -0.39 is 0 Å². The zero-order valence-corrected chi connectivity index (χ0v) is 11.9. The van der Waals surface area contributed by atoms with Gasteiger partial charge in [0, 0.05) is 19.0 Å². The van der Waals surface area contributed by atoms with Crippen molar-refractivity contribution < 1.29 is 14.3 Å². The number of hydrogen-bond acceptors (Lipinski definition) is 4. The van der Waals surface area contributed by atoms with Crippen LogP contribution in [-0.2, 0) is 11.2 Å². The first-order valence-electron chi connectivity index (χ1n) is 7.11. The van der Waals surface area contributed by atoms with E-state index in [0.717, 1.165) is 29.9 Å². The molecule has 0 radical (unpaired) electrons. The SMILES string of the molecule is CCC(CN)C(=O)NCCc1ccc2c(c1)OCCO2. The standard InChI is InChI=1S/C15H22N2O3/c1-2-12(10-16)15(18)17-6-5-11-3-4-13-14(9-11)20-8-7-19-13/h3-4,9,12H,2,5-8,10,16H2,1H3,(H,17,18). The van der Waals surface area contributed by atoms with E-state index in [2.05, 4.69) is 5.32 Å². The second kappa shape index (κ2) is 7.14. The van der Waals surface area contributed by atoms with Crippen LogP contribution in [0.2, 0.25) is 0 Å². The summed E-state index contributed by atoms with van der Waals surface area (Å²) < 4.78 is 11.0. The van der Waals surface area contributed by atoms with Crippen LogP contribution in [0.15, 0.2) is 18.2 Å². The third-order valence-corrected chi connectivity index (χ3v) is 3.47. The first-order valence-corrected chi connectivity index (χ1v) is 7.11. The Bertz CT molecular complexity index is 458. The predicted molar refractivity (Wildman–Crippen MR) is 77.0 cm³/mol. The van der Waals surface area contributed by atoms with E-state index >= 15 is 0 Å². The zero-order valence-electron chi connectivity index (χ0n) is 11.9. The molecule has 0 saturated carbocycles. The minimum atomic E-state index is -0.0877. The number of ether oxygens (including phenoxy) is 2. The van der Waals surface area contributed by atoms with Crippen molar-refractivity contribution in [1.29, 1.82) is 0 Å². The summed E-state index contributed by atoms with van der Waals surface area (Å²) in [4.78, 5) is 11.8. The Balaban J connectivity index is 1.84. The van der Waals surface area contributed by atoms with Gasteiger partial charge >= 0.3 is 0 Å². The van der Waals surface area contributed by atoms with Gasteiger partial charge in [-0.25, -0.2) is 0 Å². The molecule has 1 aromatic carbocycles. The van der Waals surface area contributed by atoms with Gasteiger partial charge in [-0.15, -0.1) is 0 Å².